The molecule has 2 heterocycles. The van der Waals surface area contributed by atoms with E-state index in [-0.39, 0.29) is 40.1 Å². The van der Waals surface area contributed by atoms with Crippen molar-refractivity contribution in [1.29, 1.82) is 5.26 Å². The van der Waals surface area contributed by atoms with Gasteiger partial charge in [-0.25, -0.2) is 12.8 Å². The zero-order valence-corrected chi connectivity index (χ0v) is 19.1. The molecule has 0 aliphatic carbocycles. The number of halogens is 1. The van der Waals surface area contributed by atoms with Gasteiger partial charge in [0.2, 0.25) is 15.6 Å². The molecule has 0 amide bonds. The largest absolute Gasteiger partial charge is 0.423 e. The monoisotopic (exact) mass is 471 g/mol. The molecule has 0 aliphatic heterocycles. The van der Waals surface area contributed by atoms with Gasteiger partial charge in [-0.05, 0) is 37.1 Å². The third-order valence-electron chi connectivity index (χ3n) is 4.67. The normalized spacial score (nSPS) is 11.1. The number of ether oxygens (including phenoxy) is 1. The zero-order chi connectivity index (χ0) is 24.2. The van der Waals surface area contributed by atoms with Gasteiger partial charge in [0, 0.05) is 30.9 Å². The van der Waals surface area contributed by atoms with Gasteiger partial charge >= 0.3 is 6.01 Å². The number of benzene rings is 1. The highest BCUT2D eigenvalue weighted by molar-refractivity contribution is 7.92. The van der Waals surface area contributed by atoms with E-state index < -0.39 is 15.8 Å². The number of aromatic nitrogens is 3. The average Bonchev–Trinajstić information content (AvgIpc) is 2.75. The van der Waals surface area contributed by atoms with E-state index >= 15 is 0 Å². The molecule has 172 valence electrons. The van der Waals surface area contributed by atoms with Crippen LogP contribution < -0.4 is 15.0 Å². The highest BCUT2D eigenvalue weighted by Crippen LogP contribution is 2.30. The summed E-state index contributed by atoms with van der Waals surface area (Å²) in [6, 6.07) is 8.13. The number of rotatable bonds is 8. The first-order chi connectivity index (χ1) is 15.6. The first kappa shape index (κ1) is 23.9. The van der Waals surface area contributed by atoms with Crippen molar-refractivity contribution in [3.8, 4) is 29.1 Å². The first-order valence-electron chi connectivity index (χ1n) is 10.1. The summed E-state index contributed by atoms with van der Waals surface area (Å²) in [6.07, 6.45) is 2.70. The molecule has 0 saturated carbocycles. The fourth-order valence-electron chi connectivity index (χ4n) is 3.00. The van der Waals surface area contributed by atoms with Crippen molar-refractivity contribution < 1.29 is 17.5 Å². The highest BCUT2D eigenvalue weighted by Gasteiger charge is 2.17. The molecule has 0 saturated heterocycles. The van der Waals surface area contributed by atoms with E-state index in [0.29, 0.717) is 24.0 Å². The van der Waals surface area contributed by atoms with E-state index in [4.69, 9.17) is 4.74 Å². The van der Waals surface area contributed by atoms with Crippen molar-refractivity contribution in [2.45, 2.75) is 26.7 Å². The Morgan fingerprint density at radius 2 is 2.00 bits per heavy atom. The number of hydrogen-bond donors (Lipinski definition) is 1. The molecular weight excluding hydrogens is 449 g/mol. The molecule has 3 aromatic rings. The number of aryl methyl sites for hydroxylation is 2. The summed E-state index contributed by atoms with van der Waals surface area (Å²) >= 11 is 0. The molecule has 33 heavy (non-hydrogen) atoms. The van der Waals surface area contributed by atoms with E-state index in [9.17, 15) is 22.9 Å². The van der Waals surface area contributed by atoms with E-state index in [2.05, 4.69) is 14.7 Å². The molecule has 1 N–H and O–H groups in total. The zero-order valence-electron chi connectivity index (χ0n) is 18.3. The Morgan fingerprint density at radius 1 is 1.24 bits per heavy atom. The Labute approximate surface area is 190 Å². The molecule has 0 spiro atoms. The Morgan fingerprint density at radius 3 is 2.67 bits per heavy atom. The van der Waals surface area contributed by atoms with Gasteiger partial charge in [-0.15, -0.1) is 0 Å². The van der Waals surface area contributed by atoms with Crippen molar-refractivity contribution in [3.05, 3.63) is 63.8 Å². The average molecular weight is 472 g/mol. The van der Waals surface area contributed by atoms with Crippen LogP contribution in [0.5, 0.6) is 11.8 Å². The van der Waals surface area contributed by atoms with E-state index in [1.54, 1.807) is 14.0 Å². The van der Waals surface area contributed by atoms with Crippen molar-refractivity contribution >= 4 is 15.8 Å². The van der Waals surface area contributed by atoms with Crippen molar-refractivity contribution in [2.24, 2.45) is 7.05 Å². The van der Waals surface area contributed by atoms with E-state index in [1.165, 1.54) is 35.0 Å². The lowest BCUT2D eigenvalue weighted by molar-refractivity contribution is 0.437. The summed E-state index contributed by atoms with van der Waals surface area (Å²) in [5.74, 6) is -0.677. The minimum absolute atomic E-state index is 0.0433. The quantitative estimate of drug-likeness (QED) is 0.533. The summed E-state index contributed by atoms with van der Waals surface area (Å²) < 4.78 is 48.0. The maximum absolute atomic E-state index is 13.7. The number of anilines is 1. The Balaban J connectivity index is 2.11. The third kappa shape index (κ3) is 5.93. The second kappa shape index (κ2) is 9.79. The predicted molar refractivity (Wildman–Crippen MR) is 121 cm³/mol. The maximum atomic E-state index is 13.7. The Bertz CT molecular complexity index is 1400. The molecule has 0 radical (unpaired) electrons. The van der Waals surface area contributed by atoms with Gasteiger partial charge in [0.25, 0.3) is 0 Å². The molecular formula is C22H22FN5O4S. The summed E-state index contributed by atoms with van der Waals surface area (Å²) in [6.45, 7) is 3.44. The van der Waals surface area contributed by atoms with Crippen LogP contribution >= 0.6 is 0 Å². The number of nitriles is 1. The standard InChI is InChI=1S/C22H22FN5O4S/c1-4-5-8-33(30,31)27-19-11-18(15-6-7-20(29)28(3)13-15)25-22(26-19)32-21-14(2)9-17(23)10-16(21)12-24/h6-7,9-11,13H,4-5,8H2,1-3H3,(H,25,26,27). The van der Waals surface area contributed by atoms with Crippen LogP contribution in [0.15, 0.2) is 41.3 Å². The summed E-state index contributed by atoms with van der Waals surface area (Å²) in [4.78, 5) is 20.2. The van der Waals surface area contributed by atoms with Crippen LogP contribution in [-0.2, 0) is 17.1 Å². The van der Waals surface area contributed by atoms with E-state index in [1.807, 2.05) is 13.0 Å². The minimum Gasteiger partial charge on any atom is -0.423 e. The molecule has 0 fully saturated rings. The van der Waals surface area contributed by atoms with Gasteiger partial charge < -0.3 is 9.30 Å². The first-order valence-corrected chi connectivity index (χ1v) is 11.7. The molecule has 3 rings (SSSR count). The van der Waals surface area contributed by atoms with Gasteiger partial charge in [0.15, 0.2) is 5.75 Å². The smallest absolute Gasteiger partial charge is 0.324 e. The van der Waals surface area contributed by atoms with Crippen LogP contribution in [0.3, 0.4) is 0 Å². The number of pyridine rings is 1. The molecule has 0 unspecified atom stereocenters. The summed E-state index contributed by atoms with van der Waals surface area (Å²) in [7, 11) is -2.11. The molecule has 1 aromatic carbocycles. The lowest BCUT2D eigenvalue weighted by Gasteiger charge is -2.13. The number of nitrogens with one attached hydrogen (secondary N) is 1. The fourth-order valence-corrected chi connectivity index (χ4v) is 4.19. The molecule has 0 aliphatic rings. The SMILES string of the molecule is CCCCS(=O)(=O)Nc1cc(-c2ccc(=O)n(C)c2)nc(Oc2c(C)cc(F)cc2C#N)n1. The van der Waals surface area contributed by atoms with Gasteiger partial charge in [0.05, 0.1) is 17.0 Å². The van der Waals surface area contributed by atoms with Gasteiger partial charge in [0.1, 0.15) is 17.7 Å². The molecule has 2 aromatic heterocycles. The summed E-state index contributed by atoms with van der Waals surface area (Å²) in [5, 5.41) is 9.36. The maximum Gasteiger partial charge on any atom is 0.324 e. The molecule has 0 atom stereocenters. The molecule has 9 nitrogen and oxygen atoms in total. The topological polar surface area (TPSA) is 127 Å². The van der Waals surface area contributed by atoms with Crippen molar-refractivity contribution in [3.63, 3.8) is 0 Å². The highest BCUT2D eigenvalue weighted by atomic mass is 32.2. The van der Waals surface area contributed by atoms with Crippen LogP contribution in [0.1, 0.15) is 30.9 Å². The number of hydrogen-bond acceptors (Lipinski definition) is 7. The Kier molecular flexibility index (Phi) is 7.08. The van der Waals surface area contributed by atoms with Gasteiger partial charge in [-0.1, -0.05) is 13.3 Å². The number of nitrogens with zero attached hydrogens (tertiary/aromatic N) is 4. The fraction of sp³-hybridized carbons (Fsp3) is 0.273. The van der Waals surface area contributed by atoms with Crippen LogP contribution in [-0.4, -0.2) is 28.7 Å². The second-order valence-corrected chi connectivity index (χ2v) is 9.22. The predicted octanol–water partition coefficient (Wildman–Crippen LogP) is 3.50. The van der Waals surface area contributed by atoms with Crippen molar-refractivity contribution in [1.82, 2.24) is 14.5 Å². The number of sulfonamides is 1. The van der Waals surface area contributed by atoms with Crippen LogP contribution in [0.25, 0.3) is 11.3 Å². The lowest BCUT2D eigenvalue weighted by atomic mass is 10.1. The second-order valence-electron chi connectivity index (χ2n) is 7.38. The molecule has 0 bridgehead atoms. The molecule has 11 heteroatoms. The van der Waals surface area contributed by atoms with Crippen molar-refractivity contribution in [2.75, 3.05) is 10.5 Å². The van der Waals surface area contributed by atoms with Crippen LogP contribution in [0.4, 0.5) is 10.2 Å². The van der Waals surface area contributed by atoms with E-state index in [0.717, 1.165) is 6.07 Å². The Hall–Kier alpha value is -3.78. The summed E-state index contributed by atoms with van der Waals surface area (Å²) in [5.41, 5.74) is 0.837. The minimum atomic E-state index is -3.68. The van der Waals surface area contributed by atoms with Crippen LogP contribution in [0.2, 0.25) is 0 Å². The third-order valence-corrected chi connectivity index (χ3v) is 6.01. The lowest BCUT2D eigenvalue weighted by Crippen LogP contribution is -2.18. The van der Waals surface area contributed by atoms with Gasteiger partial charge in [-0.3, -0.25) is 9.52 Å². The van der Waals surface area contributed by atoms with Crippen LogP contribution in [0, 0.1) is 24.1 Å². The number of unbranched alkanes of at least 4 members (excludes halogenated alkanes) is 1. The van der Waals surface area contributed by atoms with Gasteiger partial charge in [-0.2, -0.15) is 15.2 Å².